The molecule has 1 amide bonds. The number of ether oxygens (including phenoxy) is 2. The third kappa shape index (κ3) is 4.84. The molecule has 0 radical (unpaired) electrons. The SMILES string of the molecule is COC(C(=O)Nc1nnc(OC2CCN(c3cccnn3)C2)s1)c1cccc(Cl)c1. The maximum Gasteiger partial charge on any atom is 0.296 e. The molecule has 0 saturated carbocycles. The number of hydrogen-bond acceptors (Lipinski definition) is 9. The summed E-state index contributed by atoms with van der Waals surface area (Å²) in [5, 5.41) is 20.0. The number of aromatic nitrogens is 4. The van der Waals surface area contributed by atoms with Crippen molar-refractivity contribution in [2.24, 2.45) is 0 Å². The number of hydrogen-bond donors (Lipinski definition) is 1. The first-order valence-electron chi connectivity index (χ1n) is 9.24. The minimum atomic E-state index is -0.813. The number of carbonyl (C=O) groups is 1. The molecule has 1 aliphatic heterocycles. The lowest BCUT2D eigenvalue weighted by atomic mass is 10.1. The lowest BCUT2D eigenvalue weighted by molar-refractivity contribution is -0.126. The van der Waals surface area contributed by atoms with Gasteiger partial charge in [0.2, 0.25) is 5.13 Å². The van der Waals surface area contributed by atoms with E-state index in [2.05, 4.69) is 30.6 Å². The van der Waals surface area contributed by atoms with Gasteiger partial charge >= 0.3 is 0 Å². The zero-order valence-electron chi connectivity index (χ0n) is 16.1. The number of nitrogens with zero attached hydrogens (tertiary/aromatic N) is 5. The quantitative estimate of drug-likeness (QED) is 0.591. The molecule has 2 aromatic heterocycles. The molecule has 4 rings (SSSR count). The molecule has 1 aliphatic rings. The molecular formula is C19H19ClN6O3S. The third-order valence-corrected chi connectivity index (χ3v) is 5.52. The molecule has 1 aromatic carbocycles. The van der Waals surface area contributed by atoms with Gasteiger partial charge in [0.05, 0.1) is 6.54 Å². The monoisotopic (exact) mass is 446 g/mol. The molecule has 1 saturated heterocycles. The van der Waals surface area contributed by atoms with Gasteiger partial charge in [0.15, 0.2) is 11.9 Å². The highest BCUT2D eigenvalue weighted by Crippen LogP contribution is 2.28. The van der Waals surface area contributed by atoms with Crippen molar-refractivity contribution >= 4 is 39.8 Å². The first-order chi connectivity index (χ1) is 14.6. The molecular weight excluding hydrogens is 428 g/mol. The van der Waals surface area contributed by atoms with Crippen LogP contribution in [-0.2, 0) is 9.53 Å². The molecule has 156 valence electrons. The Labute approximate surface area is 182 Å². The Morgan fingerprint density at radius 3 is 2.97 bits per heavy atom. The second kappa shape index (κ2) is 9.33. The normalized spacial score (nSPS) is 17.0. The summed E-state index contributed by atoms with van der Waals surface area (Å²) in [6.07, 6.45) is 1.62. The van der Waals surface area contributed by atoms with Gasteiger partial charge in [0, 0.05) is 31.3 Å². The van der Waals surface area contributed by atoms with Crippen molar-refractivity contribution in [2.45, 2.75) is 18.6 Å². The number of nitrogens with one attached hydrogen (secondary N) is 1. The fourth-order valence-electron chi connectivity index (χ4n) is 3.18. The molecule has 1 N–H and O–H groups in total. The Morgan fingerprint density at radius 2 is 2.20 bits per heavy atom. The Morgan fingerprint density at radius 1 is 1.30 bits per heavy atom. The molecule has 0 aliphatic carbocycles. The Balaban J connectivity index is 1.34. The highest BCUT2D eigenvalue weighted by molar-refractivity contribution is 7.17. The Hall–Kier alpha value is -2.82. The molecule has 2 atom stereocenters. The summed E-state index contributed by atoms with van der Waals surface area (Å²) in [5.74, 6) is 0.456. The van der Waals surface area contributed by atoms with Crippen LogP contribution in [0.15, 0.2) is 42.6 Å². The second-order valence-electron chi connectivity index (χ2n) is 6.59. The minimum absolute atomic E-state index is 0.0401. The molecule has 2 unspecified atom stereocenters. The van der Waals surface area contributed by atoms with E-state index in [1.165, 1.54) is 18.4 Å². The van der Waals surface area contributed by atoms with Crippen LogP contribution in [0.25, 0.3) is 0 Å². The van der Waals surface area contributed by atoms with Crippen molar-refractivity contribution < 1.29 is 14.3 Å². The van der Waals surface area contributed by atoms with Gasteiger partial charge in [-0.1, -0.05) is 28.8 Å². The average molecular weight is 447 g/mol. The largest absolute Gasteiger partial charge is 0.464 e. The van der Waals surface area contributed by atoms with Crippen LogP contribution in [0.3, 0.4) is 0 Å². The van der Waals surface area contributed by atoms with Gasteiger partial charge in [-0.15, -0.1) is 10.2 Å². The number of amides is 1. The van der Waals surface area contributed by atoms with Gasteiger partial charge in [-0.2, -0.15) is 5.10 Å². The summed E-state index contributed by atoms with van der Waals surface area (Å²) >= 11 is 7.18. The zero-order chi connectivity index (χ0) is 20.9. The van der Waals surface area contributed by atoms with E-state index in [0.29, 0.717) is 27.5 Å². The molecule has 0 bridgehead atoms. The maximum atomic E-state index is 12.6. The van der Waals surface area contributed by atoms with Crippen LogP contribution in [0, 0.1) is 0 Å². The topological polar surface area (TPSA) is 102 Å². The lowest BCUT2D eigenvalue weighted by Gasteiger charge is -2.16. The number of methoxy groups -OCH3 is 1. The number of benzene rings is 1. The molecule has 3 aromatic rings. The number of rotatable bonds is 7. The standard InChI is InChI=1S/C19H19ClN6O3S/c1-28-16(12-4-2-5-13(20)10-12)17(27)22-18-24-25-19(30-18)29-14-7-9-26(11-14)15-6-3-8-21-23-15/h2-6,8,10,14,16H,7,9,11H2,1H3,(H,22,24,27). The first-order valence-corrected chi connectivity index (χ1v) is 10.4. The molecule has 1 fully saturated rings. The fourth-order valence-corrected chi connectivity index (χ4v) is 4.04. The van der Waals surface area contributed by atoms with E-state index in [1.54, 1.807) is 30.5 Å². The van der Waals surface area contributed by atoms with Crippen LogP contribution in [0.4, 0.5) is 10.9 Å². The summed E-state index contributed by atoms with van der Waals surface area (Å²) < 4.78 is 11.3. The van der Waals surface area contributed by atoms with E-state index < -0.39 is 6.10 Å². The van der Waals surface area contributed by atoms with E-state index in [-0.39, 0.29) is 12.0 Å². The fraction of sp³-hybridized carbons (Fsp3) is 0.316. The van der Waals surface area contributed by atoms with Gasteiger partial charge in [-0.3, -0.25) is 10.1 Å². The van der Waals surface area contributed by atoms with Gasteiger partial charge in [0.1, 0.15) is 6.10 Å². The summed E-state index contributed by atoms with van der Waals surface area (Å²) in [5.41, 5.74) is 0.651. The number of carbonyl (C=O) groups excluding carboxylic acids is 1. The lowest BCUT2D eigenvalue weighted by Crippen LogP contribution is -2.25. The number of anilines is 2. The molecule has 0 spiro atoms. The Kier molecular flexibility index (Phi) is 6.36. The van der Waals surface area contributed by atoms with Crippen LogP contribution in [0.2, 0.25) is 5.02 Å². The van der Waals surface area contributed by atoms with Crippen molar-refractivity contribution in [2.75, 3.05) is 30.4 Å². The van der Waals surface area contributed by atoms with Crippen molar-refractivity contribution in [1.29, 1.82) is 0 Å². The van der Waals surface area contributed by atoms with E-state index in [1.807, 2.05) is 12.1 Å². The summed E-state index contributed by atoms with van der Waals surface area (Å²) in [6, 6.07) is 10.7. The summed E-state index contributed by atoms with van der Waals surface area (Å²) in [4.78, 5) is 14.7. The van der Waals surface area contributed by atoms with Crippen LogP contribution in [-0.4, -0.2) is 52.6 Å². The van der Waals surface area contributed by atoms with Gasteiger partial charge < -0.3 is 14.4 Å². The average Bonchev–Trinajstić information content (AvgIpc) is 3.39. The number of halogens is 1. The van der Waals surface area contributed by atoms with E-state index >= 15 is 0 Å². The minimum Gasteiger partial charge on any atom is -0.464 e. The van der Waals surface area contributed by atoms with Crippen LogP contribution >= 0.6 is 22.9 Å². The Bertz CT molecular complexity index is 1000. The smallest absolute Gasteiger partial charge is 0.296 e. The highest BCUT2D eigenvalue weighted by atomic mass is 35.5. The summed E-state index contributed by atoms with van der Waals surface area (Å²) in [6.45, 7) is 1.50. The van der Waals surface area contributed by atoms with E-state index in [4.69, 9.17) is 21.1 Å². The molecule has 30 heavy (non-hydrogen) atoms. The van der Waals surface area contributed by atoms with Crippen molar-refractivity contribution in [3.63, 3.8) is 0 Å². The highest BCUT2D eigenvalue weighted by Gasteiger charge is 2.27. The van der Waals surface area contributed by atoms with Crippen LogP contribution < -0.4 is 15.0 Å². The zero-order valence-corrected chi connectivity index (χ0v) is 17.6. The van der Waals surface area contributed by atoms with Crippen molar-refractivity contribution in [1.82, 2.24) is 20.4 Å². The van der Waals surface area contributed by atoms with Gasteiger partial charge in [0.25, 0.3) is 11.1 Å². The van der Waals surface area contributed by atoms with Gasteiger partial charge in [-0.25, -0.2) is 0 Å². The van der Waals surface area contributed by atoms with Gasteiger partial charge in [-0.05, 0) is 41.2 Å². The third-order valence-electron chi connectivity index (χ3n) is 4.56. The predicted molar refractivity (Wildman–Crippen MR) is 113 cm³/mol. The maximum absolute atomic E-state index is 12.6. The van der Waals surface area contributed by atoms with E-state index in [0.717, 1.165) is 18.8 Å². The molecule has 11 heteroatoms. The molecule has 9 nitrogen and oxygen atoms in total. The summed E-state index contributed by atoms with van der Waals surface area (Å²) in [7, 11) is 1.46. The second-order valence-corrected chi connectivity index (χ2v) is 7.97. The van der Waals surface area contributed by atoms with Crippen LogP contribution in [0.5, 0.6) is 5.19 Å². The van der Waals surface area contributed by atoms with Crippen molar-refractivity contribution in [3.8, 4) is 5.19 Å². The van der Waals surface area contributed by atoms with Crippen LogP contribution in [0.1, 0.15) is 18.1 Å². The van der Waals surface area contributed by atoms with Crippen molar-refractivity contribution in [3.05, 3.63) is 53.2 Å². The molecule has 3 heterocycles. The first kappa shape index (κ1) is 20.5. The van der Waals surface area contributed by atoms with E-state index in [9.17, 15) is 4.79 Å². The predicted octanol–water partition coefficient (Wildman–Crippen LogP) is 2.97.